The molecule has 1 heterocycles. The summed E-state index contributed by atoms with van der Waals surface area (Å²) in [5.74, 6) is -1.57. The fourth-order valence-electron chi connectivity index (χ4n) is 2.78. The molecule has 0 aliphatic carbocycles. The number of hydrogen-bond acceptors (Lipinski definition) is 3. The molecule has 1 aromatic heterocycles. The molecule has 1 aromatic carbocycles. The lowest BCUT2D eigenvalue weighted by Gasteiger charge is -2.19. The first-order valence-corrected chi connectivity index (χ1v) is 7.77. The van der Waals surface area contributed by atoms with E-state index in [2.05, 4.69) is 5.10 Å². The first-order chi connectivity index (χ1) is 11.3. The summed E-state index contributed by atoms with van der Waals surface area (Å²) in [7, 11) is 1.32. The van der Waals surface area contributed by atoms with Crippen LogP contribution >= 0.6 is 0 Å². The van der Waals surface area contributed by atoms with Gasteiger partial charge in [0.25, 0.3) is 5.56 Å². The highest BCUT2D eigenvalue weighted by Crippen LogP contribution is 2.33. The van der Waals surface area contributed by atoms with Gasteiger partial charge >= 0.3 is 0 Å². The molecule has 7 heteroatoms. The van der Waals surface area contributed by atoms with Crippen LogP contribution in [0.2, 0.25) is 0 Å². The summed E-state index contributed by atoms with van der Waals surface area (Å²) < 4.78 is 41.0. The van der Waals surface area contributed by atoms with E-state index in [1.165, 1.54) is 7.11 Å². The third kappa shape index (κ3) is 3.21. The van der Waals surface area contributed by atoms with Gasteiger partial charge in [-0.1, -0.05) is 0 Å². The fourth-order valence-corrected chi connectivity index (χ4v) is 2.78. The average molecular weight is 340 g/mol. The molecule has 0 bridgehead atoms. The highest BCUT2D eigenvalue weighted by atomic mass is 19.1. The van der Waals surface area contributed by atoms with Crippen molar-refractivity contribution in [2.75, 3.05) is 13.7 Å². The molecule has 1 unspecified atom stereocenters. The fraction of sp³-hybridized carbons (Fsp3) is 0.471. The monoisotopic (exact) mass is 340 g/mol. The summed E-state index contributed by atoms with van der Waals surface area (Å²) in [5.41, 5.74) is 0.0682. The highest BCUT2D eigenvalue weighted by molar-refractivity contribution is 5.37. The lowest BCUT2D eigenvalue weighted by Crippen LogP contribution is -2.18. The lowest BCUT2D eigenvalue weighted by molar-refractivity contribution is 0.0846. The Balaban J connectivity index is 2.67. The van der Waals surface area contributed by atoms with Crippen LogP contribution in [0.25, 0.3) is 0 Å². The number of methoxy groups -OCH3 is 1. The van der Waals surface area contributed by atoms with E-state index in [9.17, 15) is 13.6 Å². The SMILES string of the molecule is CCOC(c1c(F)cc(OC)cc1F)c1c(C)n(C(C)C)[nH]c1=O. The lowest BCUT2D eigenvalue weighted by atomic mass is 10.00. The zero-order valence-electron chi connectivity index (χ0n) is 14.4. The second-order valence-corrected chi connectivity index (χ2v) is 5.74. The molecule has 0 aliphatic heterocycles. The molecule has 0 saturated heterocycles. The third-order valence-electron chi connectivity index (χ3n) is 3.88. The van der Waals surface area contributed by atoms with Crippen LogP contribution in [-0.2, 0) is 4.74 Å². The van der Waals surface area contributed by atoms with Gasteiger partial charge in [0.1, 0.15) is 23.5 Å². The molecule has 1 N–H and O–H groups in total. The Hall–Kier alpha value is -2.15. The molecule has 0 fully saturated rings. The molecule has 0 spiro atoms. The number of hydrogen-bond donors (Lipinski definition) is 1. The summed E-state index contributed by atoms with van der Waals surface area (Å²) in [6, 6.07) is 2.15. The van der Waals surface area contributed by atoms with E-state index >= 15 is 0 Å². The molecular formula is C17H22F2N2O3. The van der Waals surface area contributed by atoms with Crippen LogP contribution in [0.1, 0.15) is 49.7 Å². The van der Waals surface area contributed by atoms with E-state index in [0.717, 1.165) is 12.1 Å². The van der Waals surface area contributed by atoms with Crippen LogP contribution < -0.4 is 10.3 Å². The van der Waals surface area contributed by atoms with Crippen LogP contribution in [0.15, 0.2) is 16.9 Å². The van der Waals surface area contributed by atoms with Crippen molar-refractivity contribution in [3.05, 3.63) is 50.9 Å². The number of aromatic nitrogens is 2. The maximum atomic E-state index is 14.5. The molecule has 2 aromatic rings. The Morgan fingerprint density at radius 2 is 1.79 bits per heavy atom. The molecule has 0 aliphatic rings. The minimum atomic E-state index is -1.13. The van der Waals surface area contributed by atoms with E-state index in [1.807, 2.05) is 13.8 Å². The van der Waals surface area contributed by atoms with Crippen molar-refractivity contribution in [3.63, 3.8) is 0 Å². The first-order valence-electron chi connectivity index (χ1n) is 7.77. The van der Waals surface area contributed by atoms with Crippen molar-refractivity contribution in [1.82, 2.24) is 9.78 Å². The van der Waals surface area contributed by atoms with Crippen molar-refractivity contribution in [3.8, 4) is 5.75 Å². The minimum absolute atomic E-state index is 0.000659. The summed E-state index contributed by atoms with van der Waals surface area (Å²) in [5, 5.41) is 2.69. The van der Waals surface area contributed by atoms with E-state index < -0.39 is 23.3 Å². The second kappa shape index (κ2) is 7.17. The van der Waals surface area contributed by atoms with Gasteiger partial charge in [0, 0.05) is 30.5 Å². The van der Waals surface area contributed by atoms with Crippen molar-refractivity contribution < 1.29 is 18.3 Å². The van der Waals surface area contributed by atoms with E-state index in [0.29, 0.717) is 5.69 Å². The molecule has 1 atom stereocenters. The van der Waals surface area contributed by atoms with Gasteiger partial charge < -0.3 is 9.47 Å². The summed E-state index contributed by atoms with van der Waals surface area (Å²) in [6.07, 6.45) is -1.13. The van der Waals surface area contributed by atoms with Crippen LogP contribution in [0.4, 0.5) is 8.78 Å². The average Bonchev–Trinajstić information content (AvgIpc) is 2.80. The molecule has 2 rings (SSSR count). The number of H-pyrrole nitrogens is 1. The predicted octanol–water partition coefficient (Wildman–Crippen LogP) is 3.48. The topological polar surface area (TPSA) is 56.2 Å². The summed E-state index contributed by atoms with van der Waals surface area (Å²) >= 11 is 0. The molecule has 5 nitrogen and oxygen atoms in total. The van der Waals surface area contributed by atoms with Crippen LogP contribution in [-0.4, -0.2) is 23.5 Å². The summed E-state index contributed by atoms with van der Waals surface area (Å²) in [6.45, 7) is 7.42. The van der Waals surface area contributed by atoms with Gasteiger partial charge in [-0.2, -0.15) is 0 Å². The van der Waals surface area contributed by atoms with Crippen LogP contribution in [0.3, 0.4) is 0 Å². The molecule has 0 amide bonds. The van der Waals surface area contributed by atoms with Gasteiger partial charge in [-0.25, -0.2) is 8.78 Å². The Bertz CT molecular complexity index is 758. The van der Waals surface area contributed by atoms with Crippen LogP contribution in [0.5, 0.6) is 5.75 Å². The van der Waals surface area contributed by atoms with Crippen molar-refractivity contribution in [2.24, 2.45) is 0 Å². The van der Waals surface area contributed by atoms with E-state index in [1.54, 1.807) is 18.5 Å². The van der Waals surface area contributed by atoms with Gasteiger partial charge in [-0.15, -0.1) is 0 Å². The smallest absolute Gasteiger partial charge is 0.270 e. The standard InChI is InChI=1S/C17H22F2N2O3/c1-6-24-16(14-10(4)21(9(2)3)20-17(14)22)15-12(18)7-11(23-5)8-13(15)19/h7-9,16H,6H2,1-5H3,(H,20,22). The third-order valence-corrected chi connectivity index (χ3v) is 3.88. The maximum absolute atomic E-state index is 14.5. The number of aromatic amines is 1. The second-order valence-electron chi connectivity index (χ2n) is 5.74. The Labute approximate surface area is 139 Å². The van der Waals surface area contributed by atoms with Crippen molar-refractivity contribution >= 4 is 0 Å². The molecule has 24 heavy (non-hydrogen) atoms. The van der Waals surface area contributed by atoms with E-state index in [4.69, 9.17) is 9.47 Å². The number of rotatable bonds is 6. The first kappa shape index (κ1) is 18.2. The number of nitrogens with one attached hydrogen (secondary N) is 1. The highest BCUT2D eigenvalue weighted by Gasteiger charge is 2.29. The Kier molecular flexibility index (Phi) is 5.43. The molecular weight excluding hydrogens is 318 g/mol. The van der Waals surface area contributed by atoms with Crippen molar-refractivity contribution in [2.45, 2.75) is 39.8 Å². The molecule has 0 saturated carbocycles. The van der Waals surface area contributed by atoms with Gasteiger partial charge in [-0.3, -0.25) is 14.6 Å². The summed E-state index contributed by atoms with van der Waals surface area (Å²) in [4.78, 5) is 12.4. The quantitative estimate of drug-likeness (QED) is 0.876. The zero-order valence-corrected chi connectivity index (χ0v) is 14.4. The zero-order chi connectivity index (χ0) is 18.0. The number of halogens is 2. The number of benzene rings is 1. The Morgan fingerprint density at radius 3 is 2.21 bits per heavy atom. The minimum Gasteiger partial charge on any atom is -0.497 e. The maximum Gasteiger partial charge on any atom is 0.270 e. The predicted molar refractivity (Wildman–Crippen MR) is 86.6 cm³/mol. The number of ether oxygens (including phenoxy) is 2. The van der Waals surface area contributed by atoms with Crippen molar-refractivity contribution in [1.29, 1.82) is 0 Å². The normalized spacial score (nSPS) is 12.7. The van der Waals surface area contributed by atoms with Crippen LogP contribution in [0, 0.1) is 18.6 Å². The van der Waals surface area contributed by atoms with Gasteiger partial charge in [0.05, 0.1) is 18.2 Å². The largest absolute Gasteiger partial charge is 0.497 e. The van der Waals surface area contributed by atoms with E-state index in [-0.39, 0.29) is 29.5 Å². The molecule has 132 valence electrons. The van der Waals surface area contributed by atoms with Gasteiger partial charge in [-0.05, 0) is 27.7 Å². The van der Waals surface area contributed by atoms with Gasteiger partial charge in [0.2, 0.25) is 0 Å². The van der Waals surface area contributed by atoms with Gasteiger partial charge in [0.15, 0.2) is 0 Å². The Morgan fingerprint density at radius 1 is 1.21 bits per heavy atom. The number of nitrogens with zero attached hydrogens (tertiary/aromatic N) is 1. The molecule has 0 radical (unpaired) electrons.